The summed E-state index contributed by atoms with van der Waals surface area (Å²) in [6.45, 7) is 4.34. The average molecular weight is 225 g/mol. The molecule has 0 saturated heterocycles. The molecule has 1 atom stereocenters. The number of anilines is 1. The summed E-state index contributed by atoms with van der Waals surface area (Å²) in [6, 6.07) is 5.52. The molecule has 4 heteroatoms. The predicted molar refractivity (Wildman–Crippen MR) is 60.9 cm³/mol. The Morgan fingerprint density at radius 2 is 2.20 bits per heavy atom. The molecular weight excluding hydrogens is 210 g/mol. The summed E-state index contributed by atoms with van der Waals surface area (Å²) < 4.78 is 24.3. The van der Waals surface area contributed by atoms with Gasteiger partial charge in [0, 0.05) is 6.54 Å². The van der Waals surface area contributed by atoms with Gasteiger partial charge in [0.05, 0.1) is 15.8 Å². The lowest BCUT2D eigenvalue weighted by Gasteiger charge is -2.25. The zero-order valence-electron chi connectivity index (χ0n) is 8.95. The summed E-state index contributed by atoms with van der Waals surface area (Å²) >= 11 is 0. The van der Waals surface area contributed by atoms with Gasteiger partial charge in [0.1, 0.15) is 0 Å². The van der Waals surface area contributed by atoms with E-state index in [1.807, 2.05) is 26.0 Å². The Morgan fingerprint density at radius 1 is 1.47 bits per heavy atom. The molecule has 0 fully saturated rings. The highest BCUT2D eigenvalue weighted by atomic mass is 32.2. The van der Waals surface area contributed by atoms with Crippen LogP contribution in [0.3, 0.4) is 0 Å². The molecular formula is C11H15NO2S. The number of aryl methyl sites for hydroxylation is 1. The molecule has 0 spiro atoms. The van der Waals surface area contributed by atoms with E-state index in [4.69, 9.17) is 0 Å². The molecule has 1 N–H and O–H groups in total. The van der Waals surface area contributed by atoms with E-state index in [0.29, 0.717) is 17.9 Å². The highest BCUT2D eigenvalue weighted by Crippen LogP contribution is 2.31. The van der Waals surface area contributed by atoms with Gasteiger partial charge in [0.25, 0.3) is 0 Å². The van der Waals surface area contributed by atoms with Crippen LogP contribution in [0.15, 0.2) is 23.1 Å². The number of nitrogens with one attached hydrogen (secondary N) is 1. The van der Waals surface area contributed by atoms with Crippen molar-refractivity contribution in [3.8, 4) is 0 Å². The number of benzene rings is 1. The Morgan fingerprint density at radius 3 is 2.87 bits per heavy atom. The molecule has 1 aliphatic heterocycles. The van der Waals surface area contributed by atoms with Gasteiger partial charge >= 0.3 is 0 Å². The van der Waals surface area contributed by atoms with Crippen molar-refractivity contribution in [2.75, 3.05) is 11.9 Å². The number of fused-ring (bicyclic) bond motifs is 1. The number of rotatable bonds is 1. The lowest BCUT2D eigenvalue weighted by molar-refractivity contribution is 0.574. The van der Waals surface area contributed by atoms with E-state index in [0.717, 1.165) is 11.3 Å². The third-order valence-corrected chi connectivity index (χ3v) is 5.19. The molecule has 1 aliphatic rings. The van der Waals surface area contributed by atoms with E-state index in [2.05, 4.69) is 5.32 Å². The lowest BCUT2D eigenvalue weighted by Crippen LogP contribution is -2.33. The second-order valence-corrected chi connectivity index (χ2v) is 6.15. The van der Waals surface area contributed by atoms with E-state index in [1.165, 1.54) is 0 Å². The fourth-order valence-electron chi connectivity index (χ4n) is 1.89. The van der Waals surface area contributed by atoms with E-state index >= 15 is 0 Å². The van der Waals surface area contributed by atoms with Crippen molar-refractivity contribution < 1.29 is 8.42 Å². The monoisotopic (exact) mass is 225 g/mol. The van der Waals surface area contributed by atoms with Crippen molar-refractivity contribution in [1.29, 1.82) is 0 Å². The first-order chi connectivity index (χ1) is 7.05. The van der Waals surface area contributed by atoms with Crippen molar-refractivity contribution in [1.82, 2.24) is 0 Å². The highest BCUT2D eigenvalue weighted by Gasteiger charge is 2.32. The third kappa shape index (κ3) is 1.63. The van der Waals surface area contributed by atoms with Gasteiger partial charge in [-0.2, -0.15) is 0 Å². The summed E-state index contributed by atoms with van der Waals surface area (Å²) in [5.74, 6) is 0. The highest BCUT2D eigenvalue weighted by molar-refractivity contribution is 7.92. The molecule has 1 aromatic rings. The molecule has 1 heterocycles. The molecule has 0 aliphatic carbocycles. The molecule has 82 valence electrons. The van der Waals surface area contributed by atoms with Gasteiger partial charge in [-0.15, -0.1) is 0 Å². The molecule has 0 amide bonds. The van der Waals surface area contributed by atoms with Gasteiger partial charge < -0.3 is 5.32 Å². The van der Waals surface area contributed by atoms with Gasteiger partial charge in [-0.05, 0) is 31.0 Å². The molecule has 2 rings (SSSR count). The SMILES string of the molecule is CCC1CNc2ccc(C)cc2S1(=O)=O. The summed E-state index contributed by atoms with van der Waals surface area (Å²) in [6.07, 6.45) is 0.655. The zero-order chi connectivity index (χ0) is 11.1. The lowest BCUT2D eigenvalue weighted by atomic mass is 10.2. The Hall–Kier alpha value is -1.03. The second-order valence-electron chi connectivity index (χ2n) is 3.96. The minimum absolute atomic E-state index is 0.285. The van der Waals surface area contributed by atoms with E-state index in [9.17, 15) is 8.42 Å². The van der Waals surface area contributed by atoms with Crippen LogP contribution in [0, 0.1) is 6.92 Å². The maximum atomic E-state index is 12.1. The summed E-state index contributed by atoms with van der Waals surface area (Å²) in [7, 11) is -3.12. The van der Waals surface area contributed by atoms with Crippen LogP contribution in [0.2, 0.25) is 0 Å². The molecule has 0 saturated carbocycles. The predicted octanol–water partition coefficient (Wildman–Crippen LogP) is 1.97. The number of hydrogen-bond donors (Lipinski definition) is 1. The van der Waals surface area contributed by atoms with Gasteiger partial charge in [-0.1, -0.05) is 13.0 Å². The molecule has 1 unspecified atom stereocenters. The van der Waals surface area contributed by atoms with Gasteiger partial charge in [0.15, 0.2) is 9.84 Å². The molecule has 0 aromatic heterocycles. The molecule has 15 heavy (non-hydrogen) atoms. The molecule has 1 aromatic carbocycles. The Balaban J connectivity index is 2.60. The first kappa shape index (κ1) is 10.5. The topological polar surface area (TPSA) is 46.2 Å². The Bertz CT molecular complexity index is 479. The Kier molecular flexibility index (Phi) is 2.46. The van der Waals surface area contributed by atoms with Gasteiger partial charge in [-0.25, -0.2) is 8.42 Å². The van der Waals surface area contributed by atoms with Crippen molar-refractivity contribution in [3.63, 3.8) is 0 Å². The summed E-state index contributed by atoms with van der Waals surface area (Å²) in [5.41, 5.74) is 1.72. The average Bonchev–Trinajstić information content (AvgIpc) is 2.19. The van der Waals surface area contributed by atoms with Crippen molar-refractivity contribution in [2.24, 2.45) is 0 Å². The minimum Gasteiger partial charge on any atom is -0.383 e. The fraction of sp³-hybridized carbons (Fsp3) is 0.455. The van der Waals surface area contributed by atoms with Crippen molar-refractivity contribution in [3.05, 3.63) is 23.8 Å². The first-order valence-electron chi connectivity index (χ1n) is 5.14. The van der Waals surface area contributed by atoms with Crippen LogP contribution in [-0.2, 0) is 9.84 Å². The number of sulfone groups is 1. The van der Waals surface area contributed by atoms with Crippen LogP contribution in [0.25, 0.3) is 0 Å². The Labute approximate surface area is 90.4 Å². The van der Waals surface area contributed by atoms with E-state index in [-0.39, 0.29) is 5.25 Å². The maximum absolute atomic E-state index is 12.1. The van der Waals surface area contributed by atoms with Crippen molar-refractivity contribution in [2.45, 2.75) is 30.4 Å². The van der Waals surface area contributed by atoms with E-state index < -0.39 is 9.84 Å². The second kappa shape index (κ2) is 3.52. The van der Waals surface area contributed by atoms with Crippen LogP contribution in [0.5, 0.6) is 0 Å². The molecule has 0 bridgehead atoms. The van der Waals surface area contributed by atoms with E-state index in [1.54, 1.807) is 6.07 Å². The molecule has 3 nitrogen and oxygen atoms in total. The summed E-state index contributed by atoms with van der Waals surface area (Å²) in [4.78, 5) is 0.459. The van der Waals surface area contributed by atoms with Crippen LogP contribution in [0.4, 0.5) is 5.69 Å². The third-order valence-electron chi connectivity index (χ3n) is 2.86. The van der Waals surface area contributed by atoms with Crippen LogP contribution < -0.4 is 5.32 Å². The van der Waals surface area contributed by atoms with Gasteiger partial charge in [-0.3, -0.25) is 0 Å². The van der Waals surface area contributed by atoms with Crippen LogP contribution in [0.1, 0.15) is 18.9 Å². The van der Waals surface area contributed by atoms with Crippen LogP contribution >= 0.6 is 0 Å². The summed E-state index contributed by atoms with van der Waals surface area (Å²) in [5, 5.41) is 2.88. The minimum atomic E-state index is -3.12. The first-order valence-corrected chi connectivity index (χ1v) is 6.68. The molecule has 0 radical (unpaired) electrons. The smallest absolute Gasteiger partial charge is 0.184 e. The van der Waals surface area contributed by atoms with Gasteiger partial charge in [0.2, 0.25) is 0 Å². The van der Waals surface area contributed by atoms with Crippen LogP contribution in [-0.4, -0.2) is 20.2 Å². The zero-order valence-corrected chi connectivity index (χ0v) is 9.76. The fourth-order valence-corrected chi connectivity index (χ4v) is 3.79. The normalized spacial score (nSPS) is 22.9. The quantitative estimate of drug-likeness (QED) is 0.795. The standard InChI is InChI=1S/C11H15NO2S/c1-3-9-7-12-10-5-4-8(2)6-11(10)15(9,13)14/h4-6,9,12H,3,7H2,1-2H3. The van der Waals surface area contributed by atoms with Crippen molar-refractivity contribution >= 4 is 15.5 Å². The largest absolute Gasteiger partial charge is 0.383 e. The number of hydrogen-bond acceptors (Lipinski definition) is 3. The maximum Gasteiger partial charge on any atom is 0.184 e.